The van der Waals surface area contributed by atoms with Gasteiger partial charge in [-0.15, -0.1) is 6.58 Å². The fourth-order valence-corrected chi connectivity index (χ4v) is 0.356. The van der Waals surface area contributed by atoms with Crippen LogP contribution >= 0.6 is 0 Å². The van der Waals surface area contributed by atoms with Crippen LogP contribution < -0.4 is 5.32 Å². The van der Waals surface area contributed by atoms with E-state index in [4.69, 9.17) is 0 Å². The molecule has 1 rings (SSSR count). The summed E-state index contributed by atoms with van der Waals surface area (Å²) in [6.45, 7) is 5.25. The van der Waals surface area contributed by atoms with Crippen LogP contribution in [0.25, 0.3) is 0 Å². The molecule has 3 nitrogen and oxygen atoms in total. The lowest BCUT2D eigenvalue weighted by atomic mass is 10.6. The van der Waals surface area contributed by atoms with Gasteiger partial charge in [-0.2, -0.15) is 0 Å². The Morgan fingerprint density at radius 3 is 1.80 bits per heavy atom. The summed E-state index contributed by atoms with van der Waals surface area (Å²) in [6, 6.07) is 0. The summed E-state index contributed by atoms with van der Waals surface area (Å²) < 4.78 is 0. The Bertz CT molecular complexity index is 166. The van der Waals surface area contributed by atoms with Gasteiger partial charge in [0.25, 0.3) is 11.8 Å². The minimum absolute atomic E-state index is 0.329. The topological polar surface area (TPSA) is 46.2 Å². The van der Waals surface area contributed by atoms with Crippen LogP contribution in [0.3, 0.4) is 0 Å². The summed E-state index contributed by atoms with van der Waals surface area (Å²) in [4.78, 5) is 20.1. The second kappa shape index (κ2) is 4.49. The Balaban J connectivity index is 0.000000236. The van der Waals surface area contributed by atoms with Gasteiger partial charge in [0.2, 0.25) is 0 Å². The molecule has 1 aliphatic heterocycles. The van der Waals surface area contributed by atoms with E-state index in [2.05, 4.69) is 6.58 Å². The third kappa shape index (κ3) is 3.60. The highest BCUT2D eigenvalue weighted by Gasteiger charge is 2.06. The van der Waals surface area contributed by atoms with E-state index in [0.29, 0.717) is 0 Å². The average molecular weight is 139 g/mol. The van der Waals surface area contributed by atoms with Crippen LogP contribution in [-0.2, 0) is 9.59 Å². The van der Waals surface area contributed by atoms with Crippen molar-refractivity contribution < 1.29 is 9.59 Å². The average Bonchev–Trinajstić information content (AvgIpc) is 2.17. The largest absolute Gasteiger partial charge is 0.289 e. The second-order valence-electron chi connectivity index (χ2n) is 1.60. The summed E-state index contributed by atoms with van der Waals surface area (Å²) in [5.41, 5.74) is 0. The van der Waals surface area contributed by atoms with Crippen molar-refractivity contribution in [2.45, 2.75) is 6.92 Å². The Labute approximate surface area is 59.4 Å². The van der Waals surface area contributed by atoms with Gasteiger partial charge >= 0.3 is 0 Å². The number of nitrogens with one attached hydrogen (secondary N) is 1. The number of hydrogen-bond donors (Lipinski definition) is 1. The Morgan fingerprint density at radius 1 is 1.40 bits per heavy atom. The van der Waals surface area contributed by atoms with Crippen LogP contribution in [0.15, 0.2) is 24.8 Å². The monoisotopic (exact) mass is 139 g/mol. The zero-order valence-electron chi connectivity index (χ0n) is 5.76. The van der Waals surface area contributed by atoms with Crippen LogP contribution in [0.1, 0.15) is 6.92 Å². The first-order valence-corrected chi connectivity index (χ1v) is 2.80. The molecule has 0 saturated carbocycles. The lowest BCUT2D eigenvalue weighted by Crippen LogP contribution is -2.19. The van der Waals surface area contributed by atoms with E-state index in [1.54, 1.807) is 6.08 Å². The predicted molar refractivity (Wildman–Crippen MR) is 38.2 cm³/mol. The molecule has 0 unspecified atom stereocenters. The molecule has 1 N–H and O–H groups in total. The first-order chi connectivity index (χ1) is 4.70. The van der Waals surface area contributed by atoms with Gasteiger partial charge in [-0.1, -0.05) is 6.08 Å². The van der Waals surface area contributed by atoms with Crippen molar-refractivity contribution in [1.29, 1.82) is 0 Å². The first kappa shape index (κ1) is 8.62. The third-order valence-electron chi connectivity index (χ3n) is 0.632. The minimum atomic E-state index is -0.329. The summed E-state index contributed by atoms with van der Waals surface area (Å²) in [5.74, 6) is -0.657. The van der Waals surface area contributed by atoms with E-state index in [-0.39, 0.29) is 11.8 Å². The number of hydrogen-bond acceptors (Lipinski definition) is 2. The maximum atomic E-state index is 10.0. The van der Waals surface area contributed by atoms with Crippen LogP contribution in [0.5, 0.6) is 0 Å². The van der Waals surface area contributed by atoms with E-state index in [0.717, 1.165) is 0 Å². The SMILES string of the molecule is C=CC.O=C1C=CC(=O)N1. The predicted octanol–water partition coefficient (Wildman–Crippen LogP) is 0.391. The number of imide groups is 1. The molecule has 0 aromatic rings. The van der Waals surface area contributed by atoms with Gasteiger partial charge in [0.1, 0.15) is 0 Å². The maximum Gasteiger partial charge on any atom is 0.250 e. The highest BCUT2D eigenvalue weighted by Crippen LogP contribution is 1.82. The number of allylic oxidation sites excluding steroid dienone is 1. The van der Waals surface area contributed by atoms with Crippen LogP contribution in [-0.4, -0.2) is 11.8 Å². The summed E-state index contributed by atoms with van der Waals surface area (Å²) in [7, 11) is 0. The van der Waals surface area contributed by atoms with Crippen molar-refractivity contribution in [3.8, 4) is 0 Å². The molecule has 0 atom stereocenters. The number of carbonyl (C=O) groups excluding carboxylic acids is 2. The molecular weight excluding hydrogens is 130 g/mol. The minimum Gasteiger partial charge on any atom is -0.289 e. The molecular formula is C7H9NO2. The van der Waals surface area contributed by atoms with Crippen LogP contribution in [0, 0.1) is 0 Å². The van der Waals surface area contributed by atoms with Crippen LogP contribution in [0.4, 0.5) is 0 Å². The molecule has 0 aromatic carbocycles. The molecule has 3 heteroatoms. The second-order valence-corrected chi connectivity index (χ2v) is 1.60. The summed E-state index contributed by atoms with van der Waals surface area (Å²) >= 11 is 0. The Hall–Kier alpha value is -1.38. The van der Waals surface area contributed by atoms with Gasteiger partial charge in [0.05, 0.1) is 0 Å². The van der Waals surface area contributed by atoms with Gasteiger partial charge < -0.3 is 0 Å². The molecule has 0 fully saturated rings. The van der Waals surface area contributed by atoms with Gasteiger partial charge in [-0.3, -0.25) is 14.9 Å². The Morgan fingerprint density at radius 2 is 1.70 bits per heavy atom. The molecule has 1 heterocycles. The number of amides is 2. The molecule has 0 radical (unpaired) electrons. The molecule has 54 valence electrons. The molecule has 2 amide bonds. The standard InChI is InChI=1S/C4H3NO2.C3H6/c6-3-1-2-4(7)5-3;1-3-2/h1-2H,(H,5,6,7);3H,1H2,2H3. The first-order valence-electron chi connectivity index (χ1n) is 2.80. The van der Waals surface area contributed by atoms with Gasteiger partial charge in [0, 0.05) is 12.2 Å². The van der Waals surface area contributed by atoms with Crippen molar-refractivity contribution in [2.24, 2.45) is 0 Å². The molecule has 0 bridgehead atoms. The highest BCUT2D eigenvalue weighted by molar-refractivity contribution is 6.12. The molecule has 1 aliphatic rings. The van der Waals surface area contributed by atoms with E-state index >= 15 is 0 Å². The van der Waals surface area contributed by atoms with Crippen molar-refractivity contribution in [3.05, 3.63) is 24.8 Å². The van der Waals surface area contributed by atoms with Crippen molar-refractivity contribution in [1.82, 2.24) is 5.32 Å². The highest BCUT2D eigenvalue weighted by atomic mass is 16.2. The van der Waals surface area contributed by atoms with E-state index in [9.17, 15) is 9.59 Å². The zero-order chi connectivity index (χ0) is 7.98. The van der Waals surface area contributed by atoms with Crippen molar-refractivity contribution in [3.63, 3.8) is 0 Å². The fourth-order valence-electron chi connectivity index (χ4n) is 0.356. The normalized spacial score (nSPS) is 13.7. The quantitative estimate of drug-likeness (QED) is 0.390. The van der Waals surface area contributed by atoms with Gasteiger partial charge in [-0.25, -0.2) is 0 Å². The van der Waals surface area contributed by atoms with E-state index in [1.165, 1.54) is 12.2 Å². The van der Waals surface area contributed by atoms with E-state index in [1.807, 2.05) is 12.2 Å². The maximum absolute atomic E-state index is 10.0. The fraction of sp³-hybridized carbons (Fsp3) is 0.143. The molecule has 0 saturated heterocycles. The summed E-state index contributed by atoms with van der Waals surface area (Å²) in [5, 5.41) is 2.03. The molecule has 10 heavy (non-hydrogen) atoms. The van der Waals surface area contributed by atoms with Crippen LogP contribution in [0.2, 0.25) is 0 Å². The van der Waals surface area contributed by atoms with E-state index < -0.39 is 0 Å². The lowest BCUT2D eigenvalue weighted by Gasteiger charge is -1.80. The zero-order valence-corrected chi connectivity index (χ0v) is 5.76. The molecule has 0 aromatic heterocycles. The van der Waals surface area contributed by atoms with Crippen molar-refractivity contribution >= 4 is 11.8 Å². The lowest BCUT2D eigenvalue weighted by molar-refractivity contribution is -0.123. The smallest absolute Gasteiger partial charge is 0.250 e. The van der Waals surface area contributed by atoms with Gasteiger partial charge in [0.15, 0.2) is 0 Å². The summed E-state index contributed by atoms with van der Waals surface area (Å²) in [6.07, 6.45) is 4.14. The molecule has 0 spiro atoms. The number of rotatable bonds is 0. The number of carbonyl (C=O) groups is 2. The van der Waals surface area contributed by atoms with Crippen molar-refractivity contribution in [2.75, 3.05) is 0 Å². The molecule has 0 aliphatic carbocycles. The Kier molecular flexibility index (Phi) is 3.87. The third-order valence-corrected chi connectivity index (χ3v) is 0.632. The van der Waals surface area contributed by atoms with Gasteiger partial charge in [-0.05, 0) is 6.92 Å².